The van der Waals surface area contributed by atoms with Crippen LogP contribution in [0.4, 0.5) is 0 Å². The van der Waals surface area contributed by atoms with Gasteiger partial charge in [-0.25, -0.2) is 9.78 Å². The number of imidazole rings is 1. The average molecular weight is 399 g/mol. The minimum absolute atomic E-state index is 0.239. The maximum Gasteiger partial charge on any atom is 0.335 e. The number of carboxylic acids is 1. The van der Waals surface area contributed by atoms with Crippen molar-refractivity contribution in [3.05, 3.63) is 56.9 Å². The summed E-state index contributed by atoms with van der Waals surface area (Å²) in [4.78, 5) is 15.4. The number of rotatable bonds is 2. The summed E-state index contributed by atoms with van der Waals surface area (Å²) in [7, 11) is 0. The van der Waals surface area contributed by atoms with Gasteiger partial charge in [0.05, 0.1) is 22.3 Å². The number of hydrogen-bond acceptors (Lipinski definition) is 2. The molecule has 0 bridgehead atoms. The van der Waals surface area contributed by atoms with Crippen LogP contribution in [0.15, 0.2) is 42.7 Å². The molecule has 6 heteroatoms. The van der Waals surface area contributed by atoms with Crippen LogP contribution < -0.4 is 0 Å². The van der Waals surface area contributed by atoms with Gasteiger partial charge in [0.1, 0.15) is 6.33 Å². The number of carboxylic acid groups (broad SMARTS) is 1. The first kappa shape index (κ1) is 13.4. The van der Waals surface area contributed by atoms with Gasteiger partial charge < -0.3 is 5.11 Å². The summed E-state index contributed by atoms with van der Waals surface area (Å²) in [5.74, 6) is -0.953. The highest BCUT2D eigenvalue weighted by Gasteiger charge is 2.11. The van der Waals surface area contributed by atoms with Crippen LogP contribution in [0.1, 0.15) is 10.4 Å². The van der Waals surface area contributed by atoms with Crippen molar-refractivity contribution in [2.24, 2.45) is 0 Å². The van der Waals surface area contributed by atoms with E-state index in [4.69, 9.17) is 16.7 Å². The molecule has 0 aliphatic carbocycles. The van der Waals surface area contributed by atoms with E-state index in [9.17, 15) is 4.79 Å². The van der Waals surface area contributed by atoms with E-state index in [1.165, 1.54) is 0 Å². The van der Waals surface area contributed by atoms with E-state index in [-0.39, 0.29) is 5.56 Å². The summed E-state index contributed by atoms with van der Waals surface area (Å²) in [6.07, 6.45) is 1.68. The summed E-state index contributed by atoms with van der Waals surface area (Å²) >= 11 is 8.15. The lowest BCUT2D eigenvalue weighted by atomic mass is 10.2. The topological polar surface area (TPSA) is 55.1 Å². The second kappa shape index (κ2) is 5.06. The number of hydrogen-bond donors (Lipinski definition) is 1. The van der Waals surface area contributed by atoms with Gasteiger partial charge in [-0.3, -0.25) is 4.57 Å². The Balaban J connectivity index is 2.25. The zero-order valence-electron chi connectivity index (χ0n) is 10.0. The third kappa shape index (κ3) is 2.27. The van der Waals surface area contributed by atoms with Gasteiger partial charge in [0.15, 0.2) is 0 Å². The van der Waals surface area contributed by atoms with Crippen molar-refractivity contribution in [3.63, 3.8) is 0 Å². The molecule has 0 fully saturated rings. The summed E-state index contributed by atoms with van der Waals surface area (Å²) in [5, 5.41) is 9.75. The normalized spacial score (nSPS) is 10.9. The van der Waals surface area contributed by atoms with Crippen molar-refractivity contribution < 1.29 is 9.90 Å². The van der Waals surface area contributed by atoms with Crippen LogP contribution >= 0.6 is 34.2 Å². The van der Waals surface area contributed by atoms with E-state index in [0.717, 1.165) is 20.3 Å². The summed E-state index contributed by atoms with van der Waals surface area (Å²) in [6, 6.07) is 10.4. The summed E-state index contributed by atoms with van der Waals surface area (Å²) in [5.41, 5.74) is 2.66. The van der Waals surface area contributed by atoms with Gasteiger partial charge in [0, 0.05) is 8.59 Å². The molecule has 0 radical (unpaired) electrons. The van der Waals surface area contributed by atoms with Gasteiger partial charge in [-0.1, -0.05) is 11.6 Å². The molecule has 4 nitrogen and oxygen atoms in total. The van der Waals surface area contributed by atoms with E-state index >= 15 is 0 Å². The quantitative estimate of drug-likeness (QED) is 0.664. The highest BCUT2D eigenvalue weighted by molar-refractivity contribution is 14.1. The van der Waals surface area contributed by atoms with Crippen molar-refractivity contribution in [2.75, 3.05) is 0 Å². The molecule has 1 N–H and O–H groups in total. The number of aromatic nitrogens is 2. The lowest BCUT2D eigenvalue weighted by molar-refractivity contribution is 0.0697. The molecule has 0 aliphatic rings. The molecule has 1 heterocycles. The maximum atomic E-state index is 11.1. The molecule has 0 saturated carbocycles. The number of aromatic carboxylic acids is 1. The van der Waals surface area contributed by atoms with E-state index in [0.29, 0.717) is 5.02 Å². The Hall–Kier alpha value is -1.60. The Morgan fingerprint density at radius 3 is 2.75 bits per heavy atom. The Morgan fingerprint density at radius 1 is 1.25 bits per heavy atom. The summed E-state index contributed by atoms with van der Waals surface area (Å²) < 4.78 is 2.83. The first-order chi connectivity index (χ1) is 9.56. The van der Waals surface area contributed by atoms with Gasteiger partial charge >= 0.3 is 5.97 Å². The van der Waals surface area contributed by atoms with E-state index < -0.39 is 5.97 Å². The van der Waals surface area contributed by atoms with Gasteiger partial charge in [-0.2, -0.15) is 0 Å². The SMILES string of the molecule is O=C(O)c1ccc2ncn(-c3ccc(Cl)cc3I)c2c1. The molecule has 0 aliphatic heterocycles. The first-order valence-electron chi connectivity index (χ1n) is 5.72. The van der Waals surface area contributed by atoms with E-state index in [1.54, 1.807) is 30.6 Å². The van der Waals surface area contributed by atoms with E-state index in [2.05, 4.69) is 27.6 Å². The monoisotopic (exact) mass is 398 g/mol. The van der Waals surface area contributed by atoms with Gasteiger partial charge in [-0.05, 0) is 59.0 Å². The van der Waals surface area contributed by atoms with Crippen LogP contribution in [-0.4, -0.2) is 20.6 Å². The predicted octanol–water partition coefficient (Wildman–Crippen LogP) is 3.98. The Kier molecular flexibility index (Phi) is 3.39. The third-order valence-electron chi connectivity index (χ3n) is 2.96. The zero-order valence-corrected chi connectivity index (χ0v) is 13.0. The number of halogens is 2. The second-order valence-corrected chi connectivity index (χ2v) is 5.82. The summed E-state index contributed by atoms with van der Waals surface area (Å²) in [6.45, 7) is 0. The molecule has 0 atom stereocenters. The lowest BCUT2D eigenvalue weighted by Gasteiger charge is -2.07. The number of benzene rings is 2. The van der Waals surface area contributed by atoms with Crippen molar-refractivity contribution >= 4 is 51.2 Å². The van der Waals surface area contributed by atoms with Crippen molar-refractivity contribution in [3.8, 4) is 5.69 Å². The molecule has 1 aromatic heterocycles. The lowest BCUT2D eigenvalue weighted by Crippen LogP contribution is -1.98. The van der Waals surface area contributed by atoms with Crippen molar-refractivity contribution in [1.82, 2.24) is 9.55 Å². The molecule has 3 rings (SSSR count). The molecule has 0 amide bonds. The highest BCUT2D eigenvalue weighted by Crippen LogP contribution is 2.25. The smallest absolute Gasteiger partial charge is 0.335 e. The fourth-order valence-electron chi connectivity index (χ4n) is 2.01. The van der Waals surface area contributed by atoms with Gasteiger partial charge in [0.2, 0.25) is 0 Å². The Bertz CT molecular complexity index is 829. The Morgan fingerprint density at radius 2 is 2.05 bits per heavy atom. The number of carbonyl (C=O) groups is 1. The third-order valence-corrected chi connectivity index (χ3v) is 4.06. The van der Waals surface area contributed by atoms with Crippen molar-refractivity contribution in [2.45, 2.75) is 0 Å². The molecule has 0 saturated heterocycles. The standard InChI is InChI=1S/C14H8ClIN2O2/c15-9-2-4-12(10(16)6-9)18-7-17-11-3-1-8(14(19)20)5-13(11)18/h1-7H,(H,19,20). The molecule has 3 aromatic rings. The molecular formula is C14H8ClIN2O2. The first-order valence-corrected chi connectivity index (χ1v) is 7.18. The number of fused-ring (bicyclic) bond motifs is 1. The van der Waals surface area contributed by atoms with E-state index in [1.807, 2.05) is 16.7 Å². The van der Waals surface area contributed by atoms with Crippen LogP contribution in [0.2, 0.25) is 5.02 Å². The average Bonchev–Trinajstić information content (AvgIpc) is 2.81. The minimum Gasteiger partial charge on any atom is -0.478 e. The molecular weight excluding hydrogens is 391 g/mol. The van der Waals surface area contributed by atoms with Gasteiger partial charge in [0.25, 0.3) is 0 Å². The largest absolute Gasteiger partial charge is 0.478 e. The second-order valence-electron chi connectivity index (χ2n) is 4.22. The number of nitrogens with zero attached hydrogens (tertiary/aromatic N) is 2. The van der Waals surface area contributed by atoms with Crippen LogP contribution in [0.3, 0.4) is 0 Å². The molecule has 0 unspecified atom stereocenters. The minimum atomic E-state index is -0.953. The molecule has 0 spiro atoms. The van der Waals surface area contributed by atoms with Crippen LogP contribution in [-0.2, 0) is 0 Å². The van der Waals surface area contributed by atoms with Crippen LogP contribution in [0, 0.1) is 3.57 Å². The molecule has 2 aromatic carbocycles. The van der Waals surface area contributed by atoms with Crippen LogP contribution in [0.5, 0.6) is 0 Å². The maximum absolute atomic E-state index is 11.1. The van der Waals surface area contributed by atoms with Crippen molar-refractivity contribution in [1.29, 1.82) is 0 Å². The molecule has 100 valence electrons. The fraction of sp³-hybridized carbons (Fsp3) is 0. The highest BCUT2D eigenvalue weighted by atomic mass is 127. The fourth-order valence-corrected chi connectivity index (χ4v) is 3.14. The Labute approximate surface area is 133 Å². The molecule has 20 heavy (non-hydrogen) atoms. The predicted molar refractivity (Wildman–Crippen MR) is 85.8 cm³/mol. The van der Waals surface area contributed by atoms with Crippen LogP contribution in [0.25, 0.3) is 16.7 Å². The zero-order chi connectivity index (χ0) is 14.3. The van der Waals surface area contributed by atoms with Gasteiger partial charge in [-0.15, -0.1) is 0 Å².